The van der Waals surface area contributed by atoms with Gasteiger partial charge in [-0.2, -0.15) is 0 Å². The number of nitrogens with zero attached hydrogens (tertiary/aromatic N) is 1. The maximum atomic E-state index is 13.2. The van der Waals surface area contributed by atoms with Gasteiger partial charge in [0.15, 0.2) is 0 Å². The van der Waals surface area contributed by atoms with Crippen LogP contribution in [0.1, 0.15) is 31.4 Å². The van der Waals surface area contributed by atoms with Crippen molar-refractivity contribution in [3.05, 3.63) is 42.2 Å². The van der Waals surface area contributed by atoms with Crippen LogP contribution in [0.5, 0.6) is 0 Å². The molecule has 1 saturated carbocycles. The number of aliphatic hydroxyl groups excluding tert-OH is 1. The normalized spacial score (nSPS) is 16.6. The van der Waals surface area contributed by atoms with Gasteiger partial charge in [0.2, 0.25) is 0 Å². The quantitative estimate of drug-likeness (QED) is 0.793. The van der Waals surface area contributed by atoms with Gasteiger partial charge in [0.1, 0.15) is 5.82 Å². The molecule has 2 rings (SSSR count). The van der Waals surface area contributed by atoms with Crippen LogP contribution in [0.15, 0.2) is 30.9 Å². The SMILES string of the molecule is C=CCN(c1ccc(F)cc1[C@@H](C)O)C1CC1. The number of halogens is 1. The van der Waals surface area contributed by atoms with Gasteiger partial charge < -0.3 is 10.0 Å². The Balaban J connectivity index is 2.37. The molecule has 0 unspecified atom stereocenters. The van der Waals surface area contributed by atoms with Gasteiger partial charge in [-0.1, -0.05) is 6.08 Å². The van der Waals surface area contributed by atoms with E-state index in [9.17, 15) is 9.50 Å². The lowest BCUT2D eigenvalue weighted by atomic mass is 10.1. The molecule has 17 heavy (non-hydrogen) atoms. The zero-order valence-corrected chi connectivity index (χ0v) is 10.1. The Bertz CT molecular complexity index is 413. The highest BCUT2D eigenvalue weighted by molar-refractivity contribution is 5.56. The molecule has 0 heterocycles. The molecule has 0 amide bonds. The number of rotatable bonds is 5. The van der Waals surface area contributed by atoms with Gasteiger partial charge in [-0.3, -0.25) is 0 Å². The van der Waals surface area contributed by atoms with E-state index < -0.39 is 6.10 Å². The molecule has 0 aromatic heterocycles. The van der Waals surface area contributed by atoms with Crippen molar-refractivity contribution >= 4 is 5.69 Å². The van der Waals surface area contributed by atoms with E-state index in [4.69, 9.17) is 0 Å². The van der Waals surface area contributed by atoms with Crippen LogP contribution in [0, 0.1) is 5.82 Å². The highest BCUT2D eigenvalue weighted by Gasteiger charge is 2.30. The molecule has 0 saturated heterocycles. The van der Waals surface area contributed by atoms with Crippen LogP contribution in [0.4, 0.5) is 10.1 Å². The Hall–Kier alpha value is -1.35. The van der Waals surface area contributed by atoms with Crippen molar-refractivity contribution in [2.24, 2.45) is 0 Å². The van der Waals surface area contributed by atoms with Gasteiger partial charge in [-0.25, -0.2) is 4.39 Å². The highest BCUT2D eigenvalue weighted by atomic mass is 19.1. The maximum Gasteiger partial charge on any atom is 0.123 e. The van der Waals surface area contributed by atoms with Crippen LogP contribution >= 0.6 is 0 Å². The fourth-order valence-corrected chi connectivity index (χ4v) is 2.09. The first-order valence-corrected chi connectivity index (χ1v) is 5.98. The van der Waals surface area contributed by atoms with Crippen LogP contribution in [0.2, 0.25) is 0 Å². The molecule has 0 aliphatic heterocycles. The minimum Gasteiger partial charge on any atom is -0.389 e. The summed E-state index contributed by atoms with van der Waals surface area (Å²) in [5, 5.41) is 9.73. The molecular weight excluding hydrogens is 217 g/mol. The van der Waals surface area contributed by atoms with E-state index in [0.29, 0.717) is 11.6 Å². The van der Waals surface area contributed by atoms with Crippen LogP contribution in [-0.4, -0.2) is 17.7 Å². The third kappa shape index (κ3) is 2.67. The minimum atomic E-state index is -0.660. The molecule has 0 spiro atoms. The van der Waals surface area contributed by atoms with Crippen molar-refractivity contribution in [2.45, 2.75) is 31.9 Å². The van der Waals surface area contributed by atoms with E-state index in [2.05, 4.69) is 11.5 Å². The van der Waals surface area contributed by atoms with Crippen molar-refractivity contribution in [1.82, 2.24) is 0 Å². The van der Waals surface area contributed by atoms with E-state index in [1.807, 2.05) is 6.08 Å². The van der Waals surface area contributed by atoms with Gasteiger partial charge in [-0.15, -0.1) is 6.58 Å². The summed E-state index contributed by atoms with van der Waals surface area (Å²) in [6, 6.07) is 5.12. The molecule has 1 aliphatic rings. The van der Waals surface area contributed by atoms with Gasteiger partial charge >= 0.3 is 0 Å². The summed E-state index contributed by atoms with van der Waals surface area (Å²) >= 11 is 0. The fourth-order valence-electron chi connectivity index (χ4n) is 2.09. The standard InChI is InChI=1S/C14H18FNO/c1-3-8-16(12-5-6-12)14-7-4-11(15)9-13(14)10(2)17/h3-4,7,9-10,12,17H,1,5-6,8H2,2H3/t10-/m1/s1. The number of benzene rings is 1. The molecule has 3 heteroatoms. The average molecular weight is 235 g/mol. The molecule has 1 aliphatic carbocycles. The fraction of sp³-hybridized carbons (Fsp3) is 0.429. The van der Waals surface area contributed by atoms with Crippen LogP contribution in [0.3, 0.4) is 0 Å². The second-order valence-electron chi connectivity index (χ2n) is 4.55. The molecule has 1 aromatic rings. The van der Waals surface area contributed by atoms with Crippen LogP contribution < -0.4 is 4.90 Å². The number of hydrogen-bond donors (Lipinski definition) is 1. The molecule has 0 radical (unpaired) electrons. The molecule has 1 atom stereocenters. The lowest BCUT2D eigenvalue weighted by Gasteiger charge is -2.26. The summed E-state index contributed by atoms with van der Waals surface area (Å²) in [4.78, 5) is 2.19. The smallest absolute Gasteiger partial charge is 0.123 e. The third-order valence-electron chi connectivity index (χ3n) is 3.06. The van der Waals surface area contributed by atoms with E-state index in [1.54, 1.807) is 13.0 Å². The Labute approximate surface area is 101 Å². The second kappa shape index (κ2) is 4.88. The molecule has 2 nitrogen and oxygen atoms in total. The van der Waals surface area contributed by atoms with E-state index >= 15 is 0 Å². The van der Waals surface area contributed by atoms with Crippen molar-refractivity contribution in [3.63, 3.8) is 0 Å². The molecule has 1 fully saturated rings. The van der Waals surface area contributed by atoms with Gasteiger partial charge in [-0.05, 0) is 38.0 Å². The highest BCUT2D eigenvalue weighted by Crippen LogP contribution is 2.35. The predicted molar refractivity (Wildman–Crippen MR) is 67.6 cm³/mol. The summed E-state index contributed by atoms with van der Waals surface area (Å²) in [6.45, 7) is 6.15. The Morgan fingerprint density at radius 2 is 2.29 bits per heavy atom. The predicted octanol–water partition coefficient (Wildman–Crippen LogP) is 3.03. The number of aliphatic hydroxyl groups is 1. The van der Waals surface area contributed by atoms with Crippen LogP contribution in [-0.2, 0) is 0 Å². The summed E-state index contributed by atoms with van der Waals surface area (Å²) in [5.41, 5.74) is 1.57. The summed E-state index contributed by atoms with van der Waals surface area (Å²) in [7, 11) is 0. The van der Waals surface area contributed by atoms with Crippen molar-refractivity contribution < 1.29 is 9.50 Å². The third-order valence-corrected chi connectivity index (χ3v) is 3.06. The lowest BCUT2D eigenvalue weighted by Crippen LogP contribution is -2.27. The van der Waals surface area contributed by atoms with Gasteiger partial charge in [0, 0.05) is 23.8 Å². The Kier molecular flexibility index (Phi) is 3.48. The summed E-state index contributed by atoms with van der Waals surface area (Å²) in [6.07, 6.45) is 3.49. The van der Waals surface area contributed by atoms with Crippen LogP contribution in [0.25, 0.3) is 0 Å². The molecular formula is C14H18FNO. The zero-order chi connectivity index (χ0) is 12.4. The second-order valence-corrected chi connectivity index (χ2v) is 4.55. The van der Waals surface area contributed by atoms with Crippen molar-refractivity contribution in [3.8, 4) is 0 Å². The monoisotopic (exact) mass is 235 g/mol. The first-order chi connectivity index (χ1) is 8.13. The molecule has 92 valence electrons. The average Bonchev–Trinajstić information content (AvgIpc) is 3.10. The molecule has 1 aromatic carbocycles. The zero-order valence-electron chi connectivity index (χ0n) is 10.1. The van der Waals surface area contributed by atoms with E-state index in [0.717, 1.165) is 25.1 Å². The molecule has 0 bridgehead atoms. The first kappa shape index (κ1) is 12.1. The largest absolute Gasteiger partial charge is 0.389 e. The van der Waals surface area contributed by atoms with E-state index in [1.165, 1.54) is 12.1 Å². The topological polar surface area (TPSA) is 23.5 Å². The lowest BCUT2D eigenvalue weighted by molar-refractivity contribution is 0.199. The maximum absolute atomic E-state index is 13.2. The molecule has 1 N–H and O–H groups in total. The Morgan fingerprint density at radius 1 is 1.59 bits per heavy atom. The Morgan fingerprint density at radius 3 is 2.82 bits per heavy atom. The van der Waals surface area contributed by atoms with E-state index in [-0.39, 0.29) is 5.82 Å². The van der Waals surface area contributed by atoms with Gasteiger partial charge in [0.05, 0.1) is 6.10 Å². The number of hydrogen-bond acceptors (Lipinski definition) is 2. The van der Waals surface area contributed by atoms with Crippen molar-refractivity contribution in [2.75, 3.05) is 11.4 Å². The minimum absolute atomic E-state index is 0.306. The van der Waals surface area contributed by atoms with Gasteiger partial charge in [0.25, 0.3) is 0 Å². The summed E-state index contributed by atoms with van der Waals surface area (Å²) < 4.78 is 13.2. The van der Waals surface area contributed by atoms with Crippen molar-refractivity contribution in [1.29, 1.82) is 0 Å². The first-order valence-electron chi connectivity index (χ1n) is 5.98. The summed E-state index contributed by atoms with van der Waals surface area (Å²) in [5.74, 6) is -0.306. The number of anilines is 1.